The summed E-state index contributed by atoms with van der Waals surface area (Å²) in [6.45, 7) is -14.2. The van der Waals surface area contributed by atoms with E-state index in [9.17, 15) is 5.11 Å². The minimum Gasteiger partial charge on any atom is -0.493 e. The van der Waals surface area contributed by atoms with Gasteiger partial charge in [0.1, 0.15) is 0 Å². The van der Waals surface area contributed by atoms with E-state index in [1.54, 1.807) is 0 Å². The van der Waals surface area contributed by atoms with Crippen molar-refractivity contribution in [1.29, 1.82) is 0 Å². The smallest absolute Gasteiger partial charge is 0.161 e. The molecule has 4 heteroatoms. The molecule has 1 N–H and O–H groups in total. The van der Waals surface area contributed by atoms with Crippen molar-refractivity contribution < 1.29 is 44.7 Å². The van der Waals surface area contributed by atoms with E-state index in [1.165, 1.54) is 0 Å². The lowest BCUT2D eigenvalue weighted by atomic mass is 9.75. The van der Waals surface area contributed by atoms with Crippen LogP contribution < -0.4 is 9.47 Å². The van der Waals surface area contributed by atoms with E-state index in [0.29, 0.717) is 6.92 Å². The van der Waals surface area contributed by atoms with E-state index in [1.807, 2.05) is 0 Å². The topological polar surface area (TPSA) is 41.9 Å². The van der Waals surface area contributed by atoms with Crippen molar-refractivity contribution in [3.05, 3.63) is 23.2 Å². The van der Waals surface area contributed by atoms with E-state index < -0.39 is 118 Å². The Morgan fingerprint density at radius 1 is 1.42 bits per heavy atom. The number of benzene rings is 1. The highest BCUT2D eigenvalue weighted by Gasteiger charge is 2.39. The summed E-state index contributed by atoms with van der Waals surface area (Å²) in [5.74, 6) is -5.20. The van der Waals surface area contributed by atoms with E-state index in [-0.39, 0.29) is 4.90 Å². The number of aliphatic hydroxyl groups excluding tert-OH is 1. The van der Waals surface area contributed by atoms with Crippen LogP contribution in [0.3, 0.4) is 0 Å². The molecule has 24 heavy (non-hydrogen) atoms. The summed E-state index contributed by atoms with van der Waals surface area (Å²) in [7, 11) is -6.85. The molecule has 0 radical (unpaired) electrons. The molecule has 0 spiro atoms. The standard InChI is InChI=1S/C20H31NO3/c1-20(2,3)11-14-12-21-7-6-13-8-18(23-4)19(24-5)9-15(13)16(21)10-17(14)22/h8-9,14,16-17,22H,6-7,10-12H2,1-5H3/i1D3,2D3,4D3,5D3,6D2,7D2,8D,9D,11D2,12D2. The number of fused-ring (bicyclic) bond motifs is 3. The molecule has 1 fully saturated rings. The highest BCUT2D eigenvalue weighted by Crippen LogP contribution is 2.44. The van der Waals surface area contributed by atoms with Crippen molar-refractivity contribution in [2.24, 2.45) is 11.3 Å². The lowest BCUT2D eigenvalue weighted by Crippen LogP contribution is -2.48. The quantitative estimate of drug-likeness (QED) is 0.902. The molecule has 2 heterocycles. The highest BCUT2D eigenvalue weighted by molar-refractivity contribution is 5.49. The number of nitrogens with zero attached hydrogens (tertiary/aromatic N) is 1. The van der Waals surface area contributed by atoms with E-state index in [4.69, 9.17) is 39.6 Å². The van der Waals surface area contributed by atoms with Gasteiger partial charge < -0.3 is 14.6 Å². The van der Waals surface area contributed by atoms with Crippen LogP contribution >= 0.6 is 0 Å². The maximum absolute atomic E-state index is 11.3. The molecule has 1 saturated heterocycles. The first-order valence-corrected chi connectivity index (χ1v) is 7.05. The minimum atomic E-state index is -3.71. The minimum absolute atomic E-state index is 0.0535. The third-order valence-corrected chi connectivity index (χ3v) is 3.68. The molecule has 1 aromatic rings. The predicted octanol–water partition coefficient (Wildman–Crippen LogP) is 3.42. The second-order valence-corrected chi connectivity index (χ2v) is 5.70. The van der Waals surface area contributed by atoms with Crippen LogP contribution in [0, 0.1) is 11.3 Å². The van der Waals surface area contributed by atoms with Crippen LogP contribution in [0.5, 0.6) is 11.5 Å². The van der Waals surface area contributed by atoms with Crippen molar-refractivity contribution >= 4 is 0 Å². The molecule has 3 rings (SSSR count). The summed E-state index contributed by atoms with van der Waals surface area (Å²) < 4.78 is 189. The molecule has 0 saturated carbocycles. The summed E-state index contributed by atoms with van der Waals surface area (Å²) in [6, 6.07) is -4.50. The van der Waals surface area contributed by atoms with Gasteiger partial charge in [-0.1, -0.05) is 20.6 Å². The molecule has 1 aromatic carbocycles. The van der Waals surface area contributed by atoms with E-state index >= 15 is 0 Å². The van der Waals surface area contributed by atoms with Crippen LogP contribution in [-0.2, 0) is 6.37 Å². The van der Waals surface area contributed by atoms with Crippen molar-refractivity contribution in [2.45, 2.75) is 51.9 Å². The van der Waals surface area contributed by atoms with Gasteiger partial charge in [-0.05, 0) is 53.7 Å². The molecule has 0 aromatic heterocycles. The van der Waals surface area contributed by atoms with Gasteiger partial charge in [0.2, 0.25) is 0 Å². The van der Waals surface area contributed by atoms with Gasteiger partial charge in [-0.3, -0.25) is 4.90 Å². The predicted molar refractivity (Wildman–Crippen MR) is 95.7 cm³/mol. The van der Waals surface area contributed by atoms with Gasteiger partial charge in [0.15, 0.2) is 11.5 Å². The van der Waals surface area contributed by atoms with Crippen molar-refractivity contribution in [1.82, 2.24) is 4.90 Å². The SMILES string of the molecule is [2H]c1c(OC([2H])([2H])[2H])c(OC([2H])([2H])[2H])c([2H])c2c1C1CC(O)C(C([2H])([2H])C(C)(C([2H])([2H])[2H])C([2H])([2H])[2H])C([2H])([2H])N1C([2H])([2H])C2([2H])[2H]. The maximum atomic E-state index is 11.3. The molecule has 0 aliphatic carbocycles. The Kier molecular flexibility index (Phi) is 1.35. The number of hydrogen-bond acceptors (Lipinski definition) is 4. The van der Waals surface area contributed by atoms with E-state index in [0.717, 1.165) is 0 Å². The zero-order chi connectivity index (χ0) is 36.4. The number of methoxy groups -OCH3 is 2. The second kappa shape index (κ2) is 6.57. The highest BCUT2D eigenvalue weighted by atomic mass is 16.5. The lowest BCUT2D eigenvalue weighted by Gasteiger charge is -2.47. The van der Waals surface area contributed by atoms with Crippen LogP contribution in [0.25, 0.3) is 0 Å². The van der Waals surface area contributed by atoms with Crippen LogP contribution in [-0.4, -0.2) is 43.2 Å². The Labute approximate surface area is 176 Å². The fraction of sp³-hybridized carbons (Fsp3) is 0.700. The second-order valence-electron chi connectivity index (χ2n) is 5.70. The molecule has 3 atom stereocenters. The van der Waals surface area contributed by atoms with Gasteiger partial charge in [0.25, 0.3) is 0 Å². The third-order valence-electron chi connectivity index (χ3n) is 3.68. The van der Waals surface area contributed by atoms with Crippen LogP contribution in [0.4, 0.5) is 0 Å². The molecule has 0 amide bonds. The number of aliphatic hydroxyl groups is 1. The number of rotatable bonds is 3. The Balaban J connectivity index is 2.46. The number of ether oxygens (including phenoxy) is 2. The van der Waals surface area contributed by atoms with E-state index in [2.05, 4.69) is 0 Å². The first-order chi connectivity index (χ1) is 20.0. The maximum Gasteiger partial charge on any atom is 0.161 e. The largest absolute Gasteiger partial charge is 0.493 e. The molecule has 2 aliphatic rings. The third kappa shape index (κ3) is 3.40. The first-order valence-electron chi connectivity index (χ1n) is 18.0. The van der Waals surface area contributed by atoms with Crippen molar-refractivity contribution in [2.75, 3.05) is 27.1 Å². The summed E-state index contributed by atoms with van der Waals surface area (Å²) in [5.41, 5.74) is -5.31. The van der Waals surface area contributed by atoms with Crippen LogP contribution in [0.1, 0.15) is 80.7 Å². The molecule has 134 valence electrons. The fourth-order valence-electron chi connectivity index (χ4n) is 2.68. The van der Waals surface area contributed by atoms with Gasteiger partial charge >= 0.3 is 0 Å². The molecule has 2 aliphatic heterocycles. The summed E-state index contributed by atoms with van der Waals surface area (Å²) >= 11 is 0. The summed E-state index contributed by atoms with van der Waals surface area (Å²) in [6.07, 6.45) is -10.7. The monoisotopic (exact) mass is 355 g/mol. The summed E-state index contributed by atoms with van der Waals surface area (Å²) in [4.78, 5) is 0.0535. The van der Waals surface area contributed by atoms with Crippen molar-refractivity contribution in [3.63, 3.8) is 0 Å². The number of piperidine rings is 1. The van der Waals surface area contributed by atoms with Gasteiger partial charge in [-0.15, -0.1) is 0 Å². The lowest BCUT2D eigenvalue weighted by molar-refractivity contribution is -0.0259. The zero-order valence-electron chi connectivity index (χ0n) is 34.7. The molecular formula is C20H31NO3. The zero-order valence-corrected chi connectivity index (χ0v) is 12.7. The average molecular weight is 356 g/mol. The Hall–Kier alpha value is -1.26. The normalized spacial score (nSPS) is 49.8. The van der Waals surface area contributed by atoms with Gasteiger partial charge in [-0.25, -0.2) is 0 Å². The Morgan fingerprint density at radius 2 is 2.17 bits per heavy atom. The average Bonchev–Trinajstić information content (AvgIpc) is 2.77. The van der Waals surface area contributed by atoms with Gasteiger partial charge in [0, 0.05) is 38.2 Å². The molecular weight excluding hydrogens is 302 g/mol. The summed E-state index contributed by atoms with van der Waals surface area (Å²) in [5, 5.41) is 11.3. The Morgan fingerprint density at radius 3 is 2.88 bits per heavy atom. The molecule has 0 bridgehead atoms. The molecule has 4 nitrogen and oxygen atoms in total. The molecule has 3 unspecified atom stereocenters. The van der Waals surface area contributed by atoms with Crippen molar-refractivity contribution in [3.8, 4) is 11.5 Å². The first kappa shape index (κ1) is 4.92. The van der Waals surface area contributed by atoms with Gasteiger partial charge in [-0.2, -0.15) is 0 Å². The fourth-order valence-corrected chi connectivity index (χ4v) is 2.68. The Bertz CT molecular complexity index is 1340. The van der Waals surface area contributed by atoms with Gasteiger partial charge in [0.05, 0.1) is 31.1 Å². The van der Waals surface area contributed by atoms with Crippen LogP contribution in [0.15, 0.2) is 12.1 Å². The van der Waals surface area contributed by atoms with Crippen LogP contribution in [0.2, 0.25) is 0 Å². The number of hydrogen-bond donors (Lipinski definition) is 1.